The van der Waals surface area contributed by atoms with Crippen molar-refractivity contribution in [2.45, 2.75) is 44.2 Å². The first-order chi connectivity index (χ1) is 7.92. The number of rotatable bonds is 2. The first-order valence-electron chi connectivity index (χ1n) is 6.70. The van der Waals surface area contributed by atoms with Crippen molar-refractivity contribution in [3.05, 3.63) is 0 Å². The molecule has 1 saturated carbocycles. The van der Waals surface area contributed by atoms with E-state index in [0.29, 0.717) is 12.1 Å². The van der Waals surface area contributed by atoms with Gasteiger partial charge in [0, 0.05) is 18.6 Å². The van der Waals surface area contributed by atoms with E-state index in [1.165, 1.54) is 38.6 Å². The molecule has 4 nitrogen and oxygen atoms in total. The summed E-state index contributed by atoms with van der Waals surface area (Å²) in [6, 6.07) is 1.29. The zero-order chi connectivity index (χ0) is 10.8. The Balaban J connectivity index is 1.53. The van der Waals surface area contributed by atoms with E-state index in [1.54, 1.807) is 0 Å². The van der Waals surface area contributed by atoms with Crippen molar-refractivity contribution in [1.82, 2.24) is 16.0 Å². The second-order valence-corrected chi connectivity index (χ2v) is 5.33. The SMILES string of the molecule is C1CCC2NC(=NCC3CCNC3)NC2C1. The first-order valence-corrected chi connectivity index (χ1v) is 6.70. The van der Waals surface area contributed by atoms with Crippen LogP contribution < -0.4 is 16.0 Å². The normalized spacial score (nSPS) is 37.8. The molecule has 3 aliphatic rings. The van der Waals surface area contributed by atoms with Gasteiger partial charge in [0.05, 0.1) is 0 Å². The van der Waals surface area contributed by atoms with Gasteiger partial charge in [-0.1, -0.05) is 12.8 Å². The van der Waals surface area contributed by atoms with Gasteiger partial charge in [0.1, 0.15) is 0 Å². The molecule has 3 atom stereocenters. The maximum atomic E-state index is 4.68. The molecule has 2 heterocycles. The van der Waals surface area contributed by atoms with Crippen molar-refractivity contribution in [2.75, 3.05) is 19.6 Å². The minimum atomic E-state index is 0.647. The fourth-order valence-electron chi connectivity index (χ4n) is 3.05. The molecule has 0 spiro atoms. The van der Waals surface area contributed by atoms with Crippen molar-refractivity contribution < 1.29 is 0 Å². The average Bonchev–Trinajstić information content (AvgIpc) is 2.95. The van der Waals surface area contributed by atoms with Gasteiger partial charge in [-0.05, 0) is 38.3 Å². The molecule has 0 aromatic carbocycles. The molecule has 16 heavy (non-hydrogen) atoms. The summed E-state index contributed by atoms with van der Waals surface area (Å²) in [5, 5.41) is 10.5. The first kappa shape index (κ1) is 10.4. The Morgan fingerprint density at radius 3 is 2.44 bits per heavy atom. The van der Waals surface area contributed by atoms with E-state index in [0.717, 1.165) is 25.0 Å². The van der Waals surface area contributed by atoms with Crippen LogP contribution in [0, 0.1) is 5.92 Å². The standard InChI is InChI=1S/C12H22N4/c1-2-4-11-10(3-1)15-12(16-11)14-8-9-5-6-13-7-9/h9-11,13H,1-8H2,(H2,14,15,16). The topological polar surface area (TPSA) is 48.5 Å². The van der Waals surface area contributed by atoms with E-state index < -0.39 is 0 Å². The fraction of sp³-hybridized carbons (Fsp3) is 0.917. The van der Waals surface area contributed by atoms with Crippen molar-refractivity contribution in [1.29, 1.82) is 0 Å². The highest BCUT2D eigenvalue weighted by atomic mass is 15.3. The van der Waals surface area contributed by atoms with E-state index >= 15 is 0 Å². The minimum absolute atomic E-state index is 0.647. The summed E-state index contributed by atoms with van der Waals surface area (Å²) >= 11 is 0. The Morgan fingerprint density at radius 2 is 1.81 bits per heavy atom. The largest absolute Gasteiger partial charge is 0.352 e. The number of guanidine groups is 1. The van der Waals surface area contributed by atoms with Gasteiger partial charge >= 0.3 is 0 Å². The van der Waals surface area contributed by atoms with Crippen molar-refractivity contribution in [2.24, 2.45) is 10.9 Å². The molecule has 2 saturated heterocycles. The highest BCUT2D eigenvalue weighted by Crippen LogP contribution is 2.21. The average molecular weight is 222 g/mol. The fourth-order valence-corrected chi connectivity index (χ4v) is 3.05. The lowest BCUT2D eigenvalue weighted by Gasteiger charge is -2.23. The molecular formula is C12H22N4. The van der Waals surface area contributed by atoms with Crippen LogP contribution in [0.1, 0.15) is 32.1 Å². The molecule has 3 unspecified atom stereocenters. The second-order valence-electron chi connectivity index (χ2n) is 5.33. The molecule has 3 fully saturated rings. The molecule has 4 heteroatoms. The van der Waals surface area contributed by atoms with Gasteiger partial charge in [0.25, 0.3) is 0 Å². The second kappa shape index (κ2) is 4.62. The van der Waals surface area contributed by atoms with E-state index in [9.17, 15) is 0 Å². The van der Waals surface area contributed by atoms with Gasteiger partial charge in [-0.2, -0.15) is 0 Å². The maximum Gasteiger partial charge on any atom is 0.191 e. The smallest absolute Gasteiger partial charge is 0.191 e. The van der Waals surface area contributed by atoms with Gasteiger partial charge in [-0.25, -0.2) is 0 Å². The zero-order valence-electron chi connectivity index (χ0n) is 9.84. The Hall–Kier alpha value is -0.770. The summed E-state index contributed by atoms with van der Waals surface area (Å²) in [7, 11) is 0. The predicted octanol–water partition coefficient (Wildman–Crippen LogP) is 0.456. The number of hydrogen-bond donors (Lipinski definition) is 3. The summed E-state index contributed by atoms with van der Waals surface area (Å²) in [4.78, 5) is 4.68. The predicted molar refractivity (Wildman–Crippen MR) is 65.6 cm³/mol. The maximum absolute atomic E-state index is 4.68. The summed E-state index contributed by atoms with van der Waals surface area (Å²) in [6.07, 6.45) is 6.64. The van der Waals surface area contributed by atoms with E-state index in [4.69, 9.17) is 0 Å². The molecule has 2 aliphatic heterocycles. The molecule has 0 aromatic heterocycles. The summed E-state index contributed by atoms with van der Waals surface area (Å²) in [6.45, 7) is 3.28. The molecule has 0 aromatic rings. The van der Waals surface area contributed by atoms with E-state index in [1.807, 2.05) is 0 Å². The monoisotopic (exact) mass is 222 g/mol. The number of nitrogens with zero attached hydrogens (tertiary/aromatic N) is 1. The molecule has 1 aliphatic carbocycles. The molecule has 0 radical (unpaired) electrons. The van der Waals surface area contributed by atoms with Crippen LogP contribution in [0.4, 0.5) is 0 Å². The number of fused-ring (bicyclic) bond motifs is 1. The number of nitrogens with one attached hydrogen (secondary N) is 3. The lowest BCUT2D eigenvalue weighted by molar-refractivity contribution is 0.374. The Bertz CT molecular complexity index is 254. The third kappa shape index (κ3) is 2.17. The number of aliphatic imine (C=N–C) groups is 1. The molecular weight excluding hydrogens is 200 g/mol. The number of hydrogen-bond acceptors (Lipinski definition) is 2. The van der Waals surface area contributed by atoms with Crippen LogP contribution in [0.2, 0.25) is 0 Å². The van der Waals surface area contributed by atoms with Crippen molar-refractivity contribution in [3.63, 3.8) is 0 Å². The van der Waals surface area contributed by atoms with Gasteiger partial charge in [0.15, 0.2) is 5.96 Å². The van der Waals surface area contributed by atoms with Gasteiger partial charge in [0.2, 0.25) is 0 Å². The van der Waals surface area contributed by atoms with Gasteiger partial charge < -0.3 is 16.0 Å². The van der Waals surface area contributed by atoms with Crippen LogP contribution in [0.5, 0.6) is 0 Å². The zero-order valence-corrected chi connectivity index (χ0v) is 9.84. The highest BCUT2D eigenvalue weighted by Gasteiger charge is 2.32. The van der Waals surface area contributed by atoms with Crippen LogP contribution in [0.15, 0.2) is 4.99 Å². The quantitative estimate of drug-likeness (QED) is 0.636. The summed E-state index contributed by atoms with van der Waals surface area (Å²) in [5.74, 6) is 1.81. The minimum Gasteiger partial charge on any atom is -0.352 e. The van der Waals surface area contributed by atoms with Gasteiger partial charge in [-0.3, -0.25) is 4.99 Å². The lowest BCUT2D eigenvalue weighted by atomic mass is 9.92. The Labute approximate surface area is 97.3 Å². The van der Waals surface area contributed by atoms with E-state index in [2.05, 4.69) is 20.9 Å². The molecule has 0 amide bonds. The van der Waals surface area contributed by atoms with Crippen molar-refractivity contribution >= 4 is 5.96 Å². The van der Waals surface area contributed by atoms with Gasteiger partial charge in [-0.15, -0.1) is 0 Å². The molecule has 3 N–H and O–H groups in total. The van der Waals surface area contributed by atoms with Crippen LogP contribution in [-0.4, -0.2) is 37.7 Å². The third-order valence-corrected chi connectivity index (χ3v) is 4.08. The molecule has 3 rings (SSSR count). The van der Waals surface area contributed by atoms with Crippen molar-refractivity contribution in [3.8, 4) is 0 Å². The van der Waals surface area contributed by atoms with Crippen LogP contribution in [0.3, 0.4) is 0 Å². The Kier molecular flexibility index (Phi) is 3.00. The van der Waals surface area contributed by atoms with Crippen LogP contribution >= 0.6 is 0 Å². The lowest BCUT2D eigenvalue weighted by Crippen LogP contribution is -2.36. The summed E-state index contributed by atoms with van der Waals surface area (Å²) in [5.41, 5.74) is 0. The third-order valence-electron chi connectivity index (χ3n) is 4.08. The van der Waals surface area contributed by atoms with Crippen LogP contribution in [-0.2, 0) is 0 Å². The van der Waals surface area contributed by atoms with Crippen LogP contribution in [0.25, 0.3) is 0 Å². The highest BCUT2D eigenvalue weighted by molar-refractivity contribution is 5.82. The van der Waals surface area contributed by atoms with E-state index in [-0.39, 0.29) is 0 Å². The Morgan fingerprint density at radius 1 is 1.06 bits per heavy atom. The molecule has 0 bridgehead atoms. The molecule has 90 valence electrons. The summed E-state index contributed by atoms with van der Waals surface area (Å²) < 4.78 is 0.